The van der Waals surface area contributed by atoms with Gasteiger partial charge >= 0.3 is 0 Å². The Labute approximate surface area is 92.4 Å². The summed E-state index contributed by atoms with van der Waals surface area (Å²) < 4.78 is 0. The first-order valence-corrected chi connectivity index (χ1v) is 5.05. The van der Waals surface area contributed by atoms with E-state index in [4.69, 9.17) is 11.6 Å². The van der Waals surface area contributed by atoms with E-state index in [1.54, 1.807) is 19.1 Å². The zero-order chi connectivity index (χ0) is 11.1. The topological polar surface area (TPSA) is 49.7 Å². The monoisotopic (exact) mass is 223 g/mol. The van der Waals surface area contributed by atoms with Gasteiger partial charge < -0.3 is 5.11 Å². The van der Waals surface area contributed by atoms with Gasteiger partial charge in [-0.3, -0.25) is 0 Å². The van der Waals surface area contributed by atoms with Crippen LogP contribution in [0, 0.1) is 6.92 Å². The summed E-state index contributed by atoms with van der Waals surface area (Å²) in [4.78, 5) is 14.1. The highest BCUT2D eigenvalue weighted by atomic mass is 35.5. The van der Waals surface area contributed by atoms with Gasteiger partial charge in [-0.1, -0.05) is 11.6 Å². The third-order valence-electron chi connectivity index (χ3n) is 2.77. The lowest BCUT2D eigenvalue weighted by atomic mass is 10.0. The molecule has 0 bridgehead atoms. The van der Waals surface area contributed by atoms with Gasteiger partial charge in [0.15, 0.2) is 0 Å². The number of phenolic OH excluding ortho intramolecular Hbond substituents is 1. The number of isocyanates is 1. The van der Waals surface area contributed by atoms with E-state index in [0.29, 0.717) is 10.6 Å². The second-order valence-electron chi connectivity index (χ2n) is 3.86. The highest BCUT2D eigenvalue weighted by molar-refractivity contribution is 6.32. The second kappa shape index (κ2) is 3.37. The molecule has 0 aliphatic heterocycles. The highest BCUT2D eigenvalue weighted by Gasteiger charge is 2.45. The maximum atomic E-state index is 10.3. The van der Waals surface area contributed by atoms with Gasteiger partial charge in [0.2, 0.25) is 6.08 Å². The number of hydrogen-bond donors (Lipinski definition) is 1. The Kier molecular flexibility index (Phi) is 2.29. The first-order chi connectivity index (χ1) is 7.09. The number of phenols is 1. The molecule has 1 fully saturated rings. The maximum Gasteiger partial charge on any atom is 0.235 e. The van der Waals surface area contributed by atoms with E-state index < -0.39 is 5.54 Å². The van der Waals surface area contributed by atoms with Gasteiger partial charge in [-0.05, 0) is 43.0 Å². The number of halogens is 1. The fourth-order valence-electron chi connectivity index (χ4n) is 1.68. The molecule has 3 nitrogen and oxygen atoms in total. The molecular formula is C11H10ClNO2. The molecule has 0 radical (unpaired) electrons. The Balaban J connectivity index is 2.51. The second-order valence-corrected chi connectivity index (χ2v) is 4.27. The summed E-state index contributed by atoms with van der Waals surface area (Å²) in [5.41, 5.74) is 1.15. The maximum absolute atomic E-state index is 10.3. The van der Waals surface area contributed by atoms with Crippen LogP contribution < -0.4 is 0 Å². The summed E-state index contributed by atoms with van der Waals surface area (Å²) in [7, 11) is 0. The average molecular weight is 224 g/mol. The van der Waals surface area contributed by atoms with Crippen LogP contribution in [0.2, 0.25) is 5.02 Å². The first kappa shape index (κ1) is 10.2. The van der Waals surface area contributed by atoms with Crippen molar-refractivity contribution in [2.45, 2.75) is 25.3 Å². The molecule has 4 heteroatoms. The van der Waals surface area contributed by atoms with Crippen LogP contribution in [0.1, 0.15) is 24.0 Å². The quantitative estimate of drug-likeness (QED) is 0.619. The van der Waals surface area contributed by atoms with Crippen LogP contribution in [-0.4, -0.2) is 11.2 Å². The normalized spacial score (nSPS) is 16.9. The van der Waals surface area contributed by atoms with E-state index in [1.807, 2.05) is 6.07 Å². The molecule has 0 heterocycles. The SMILES string of the molecule is Cc1cc(C2(N=C=O)CC2)cc(Cl)c1O. The van der Waals surface area contributed by atoms with Crippen molar-refractivity contribution in [2.75, 3.05) is 0 Å². The average Bonchev–Trinajstić information content (AvgIpc) is 2.95. The van der Waals surface area contributed by atoms with Crippen LogP contribution in [0.4, 0.5) is 0 Å². The lowest BCUT2D eigenvalue weighted by Gasteiger charge is -2.11. The smallest absolute Gasteiger partial charge is 0.235 e. The van der Waals surface area contributed by atoms with E-state index in [-0.39, 0.29) is 5.75 Å². The van der Waals surface area contributed by atoms with E-state index >= 15 is 0 Å². The summed E-state index contributed by atoms with van der Waals surface area (Å²) in [5.74, 6) is 0.0892. The minimum absolute atomic E-state index is 0.0892. The number of aliphatic imine (C=N–C) groups is 1. The molecule has 0 aromatic heterocycles. The number of carbonyl (C=O) groups excluding carboxylic acids is 1. The molecule has 78 valence electrons. The molecule has 0 saturated heterocycles. The molecule has 1 aliphatic carbocycles. The molecule has 1 saturated carbocycles. The molecular weight excluding hydrogens is 214 g/mol. The van der Waals surface area contributed by atoms with Crippen molar-refractivity contribution in [3.63, 3.8) is 0 Å². The van der Waals surface area contributed by atoms with Gasteiger partial charge in [0.1, 0.15) is 5.75 Å². The summed E-state index contributed by atoms with van der Waals surface area (Å²) >= 11 is 5.86. The number of aromatic hydroxyl groups is 1. The van der Waals surface area contributed by atoms with Crippen LogP contribution in [0.3, 0.4) is 0 Å². The molecule has 1 aromatic carbocycles. The molecule has 2 rings (SSSR count). The summed E-state index contributed by atoms with van der Waals surface area (Å²) in [6.45, 7) is 1.77. The number of nitrogens with zero attached hydrogens (tertiary/aromatic N) is 1. The van der Waals surface area contributed by atoms with Crippen LogP contribution >= 0.6 is 11.6 Å². The zero-order valence-corrected chi connectivity index (χ0v) is 9.01. The predicted molar refractivity (Wildman–Crippen MR) is 56.9 cm³/mol. The lowest BCUT2D eigenvalue weighted by Crippen LogP contribution is -2.02. The van der Waals surface area contributed by atoms with E-state index in [0.717, 1.165) is 18.4 Å². The van der Waals surface area contributed by atoms with Gasteiger partial charge in [0, 0.05) is 0 Å². The molecule has 1 N–H and O–H groups in total. The lowest BCUT2D eigenvalue weighted by molar-refractivity contribution is 0.470. The first-order valence-electron chi connectivity index (χ1n) is 4.68. The van der Waals surface area contributed by atoms with Crippen molar-refractivity contribution >= 4 is 17.7 Å². The zero-order valence-electron chi connectivity index (χ0n) is 8.25. The summed E-state index contributed by atoms with van der Waals surface area (Å²) in [6, 6.07) is 3.48. The molecule has 1 aliphatic rings. The molecule has 0 amide bonds. The van der Waals surface area contributed by atoms with E-state index in [1.165, 1.54) is 0 Å². The Morgan fingerprint density at radius 1 is 1.53 bits per heavy atom. The molecule has 0 unspecified atom stereocenters. The van der Waals surface area contributed by atoms with Crippen LogP contribution in [0.15, 0.2) is 17.1 Å². The standard InChI is InChI=1S/C11H10ClNO2/c1-7-4-8(5-9(12)10(7)15)11(2-3-11)13-6-14/h4-5,15H,2-3H2,1H3. The van der Waals surface area contributed by atoms with Crippen molar-refractivity contribution in [2.24, 2.45) is 4.99 Å². The third-order valence-corrected chi connectivity index (χ3v) is 3.06. The van der Waals surface area contributed by atoms with Gasteiger partial charge in [0.25, 0.3) is 0 Å². The summed E-state index contributed by atoms with van der Waals surface area (Å²) in [5, 5.41) is 9.81. The molecule has 1 aromatic rings. The van der Waals surface area contributed by atoms with Crippen LogP contribution in [0.25, 0.3) is 0 Å². The van der Waals surface area contributed by atoms with Crippen molar-refractivity contribution in [3.8, 4) is 5.75 Å². The number of rotatable bonds is 2. The number of benzene rings is 1. The third kappa shape index (κ3) is 1.65. The molecule has 15 heavy (non-hydrogen) atoms. The summed E-state index contributed by atoms with van der Waals surface area (Å²) in [6.07, 6.45) is 3.26. The Hall–Kier alpha value is -1.31. The van der Waals surface area contributed by atoms with Gasteiger partial charge in [-0.15, -0.1) is 0 Å². The fourth-order valence-corrected chi connectivity index (χ4v) is 1.94. The fraction of sp³-hybridized carbons (Fsp3) is 0.364. The van der Waals surface area contributed by atoms with Gasteiger partial charge in [0.05, 0.1) is 10.6 Å². The molecule has 0 spiro atoms. The number of aryl methyl sites for hydroxylation is 1. The number of hydrogen-bond acceptors (Lipinski definition) is 3. The van der Waals surface area contributed by atoms with Crippen molar-refractivity contribution in [1.29, 1.82) is 0 Å². The van der Waals surface area contributed by atoms with Crippen LogP contribution in [-0.2, 0) is 10.3 Å². The Morgan fingerprint density at radius 3 is 2.67 bits per heavy atom. The Bertz CT molecular complexity index is 437. The van der Waals surface area contributed by atoms with Gasteiger partial charge in [-0.25, -0.2) is 4.79 Å². The largest absolute Gasteiger partial charge is 0.506 e. The van der Waals surface area contributed by atoms with Crippen molar-refractivity contribution in [1.82, 2.24) is 0 Å². The van der Waals surface area contributed by atoms with Gasteiger partial charge in [-0.2, -0.15) is 4.99 Å². The predicted octanol–water partition coefficient (Wildman–Crippen LogP) is 2.68. The minimum atomic E-state index is -0.427. The highest BCUT2D eigenvalue weighted by Crippen LogP contribution is 2.50. The molecule has 0 atom stereocenters. The van der Waals surface area contributed by atoms with Crippen LogP contribution in [0.5, 0.6) is 5.75 Å². The van der Waals surface area contributed by atoms with Crippen molar-refractivity contribution in [3.05, 3.63) is 28.3 Å². The Morgan fingerprint density at radius 2 is 2.20 bits per heavy atom. The minimum Gasteiger partial charge on any atom is -0.506 e. The van der Waals surface area contributed by atoms with Crippen molar-refractivity contribution < 1.29 is 9.90 Å². The van der Waals surface area contributed by atoms with E-state index in [9.17, 15) is 9.90 Å². The van der Waals surface area contributed by atoms with E-state index in [2.05, 4.69) is 4.99 Å².